The number of ether oxygens (including phenoxy) is 1. The number of fused-ring (bicyclic) bond motifs is 4. The number of nitrogens with one attached hydrogen (secondary N) is 1. The van der Waals surface area contributed by atoms with E-state index in [0.717, 1.165) is 12.8 Å². The highest BCUT2D eigenvalue weighted by Gasteiger charge is 2.34. The lowest BCUT2D eigenvalue weighted by Crippen LogP contribution is -2.51. The second-order valence-electron chi connectivity index (χ2n) is 9.49. The molecule has 2 fully saturated rings. The number of nitrogens with zero attached hydrogens (tertiary/aromatic N) is 3. The SMILES string of the molecule is CCc1c(F)ccc2cc(O)cc(-c3c(F)cc4c(N5CC6CCC(C5)N6)nc(OC)nc4c3F)c12. The minimum absolute atomic E-state index is 0.0269. The maximum Gasteiger partial charge on any atom is 0.318 e. The maximum absolute atomic E-state index is 16.2. The van der Waals surface area contributed by atoms with E-state index in [-0.39, 0.29) is 45.9 Å². The minimum Gasteiger partial charge on any atom is -0.508 e. The Morgan fingerprint density at radius 2 is 1.81 bits per heavy atom. The molecule has 0 spiro atoms. The largest absolute Gasteiger partial charge is 0.508 e. The second kappa shape index (κ2) is 8.51. The highest BCUT2D eigenvalue weighted by Crippen LogP contribution is 2.42. The predicted octanol–water partition coefficient (Wildman–Crippen LogP) is 5.08. The molecule has 1 aromatic heterocycles. The summed E-state index contributed by atoms with van der Waals surface area (Å²) in [6.07, 6.45) is 2.38. The number of rotatable bonds is 4. The van der Waals surface area contributed by atoms with Gasteiger partial charge in [0, 0.05) is 30.6 Å². The number of benzene rings is 3. The van der Waals surface area contributed by atoms with E-state index in [1.165, 1.54) is 37.4 Å². The zero-order valence-electron chi connectivity index (χ0n) is 19.9. The summed E-state index contributed by atoms with van der Waals surface area (Å²) >= 11 is 0. The van der Waals surface area contributed by atoms with E-state index in [9.17, 15) is 9.50 Å². The lowest BCUT2D eigenvalue weighted by atomic mass is 9.91. The third-order valence-electron chi connectivity index (χ3n) is 7.32. The lowest BCUT2D eigenvalue weighted by molar-refractivity contribution is 0.380. The summed E-state index contributed by atoms with van der Waals surface area (Å²) in [5, 5.41) is 15.0. The molecule has 0 radical (unpaired) electrons. The molecule has 0 saturated carbocycles. The first kappa shape index (κ1) is 22.8. The van der Waals surface area contributed by atoms with Crippen molar-refractivity contribution in [2.75, 3.05) is 25.1 Å². The van der Waals surface area contributed by atoms with Crippen LogP contribution in [-0.2, 0) is 6.42 Å². The van der Waals surface area contributed by atoms with Crippen molar-refractivity contribution in [1.29, 1.82) is 0 Å². The summed E-state index contributed by atoms with van der Waals surface area (Å²) < 4.78 is 52.1. The number of methoxy groups -OCH3 is 1. The van der Waals surface area contributed by atoms with E-state index in [0.29, 0.717) is 41.7 Å². The van der Waals surface area contributed by atoms with Crippen molar-refractivity contribution in [3.8, 4) is 22.9 Å². The van der Waals surface area contributed by atoms with Crippen molar-refractivity contribution in [3.05, 3.63) is 53.3 Å². The number of halogens is 3. The van der Waals surface area contributed by atoms with Crippen LogP contribution in [0.2, 0.25) is 0 Å². The van der Waals surface area contributed by atoms with Crippen LogP contribution in [0.4, 0.5) is 19.0 Å². The van der Waals surface area contributed by atoms with Gasteiger partial charge in [0.05, 0.1) is 12.7 Å². The summed E-state index contributed by atoms with van der Waals surface area (Å²) in [5.41, 5.74) is -0.0860. The number of phenolic OH excluding ortho intramolecular Hbond substituents is 1. The van der Waals surface area contributed by atoms with Gasteiger partial charge in [0.1, 0.15) is 28.7 Å². The third-order valence-corrected chi connectivity index (χ3v) is 7.32. The van der Waals surface area contributed by atoms with E-state index in [1.54, 1.807) is 6.92 Å². The van der Waals surface area contributed by atoms with Crippen LogP contribution in [0, 0.1) is 17.5 Å². The molecule has 36 heavy (non-hydrogen) atoms. The Hall–Kier alpha value is -3.59. The first-order chi connectivity index (χ1) is 17.4. The van der Waals surface area contributed by atoms with Gasteiger partial charge >= 0.3 is 6.01 Å². The molecule has 0 aliphatic carbocycles. The number of aryl methyl sites for hydroxylation is 1. The highest BCUT2D eigenvalue weighted by molar-refractivity contribution is 6.03. The van der Waals surface area contributed by atoms with Crippen LogP contribution in [0.15, 0.2) is 30.3 Å². The number of aromatic nitrogens is 2. The van der Waals surface area contributed by atoms with Gasteiger partial charge in [-0.3, -0.25) is 0 Å². The van der Waals surface area contributed by atoms with Crippen molar-refractivity contribution >= 4 is 27.5 Å². The van der Waals surface area contributed by atoms with Crippen molar-refractivity contribution in [3.63, 3.8) is 0 Å². The first-order valence-electron chi connectivity index (χ1n) is 12.1. The summed E-state index contributed by atoms with van der Waals surface area (Å²) in [6, 6.07) is 7.28. The molecule has 2 unspecified atom stereocenters. The van der Waals surface area contributed by atoms with Crippen LogP contribution in [0.3, 0.4) is 0 Å². The standard InChI is InChI=1S/C27H25F3N4O2/c1-3-17-20(28)7-4-13-8-16(35)9-18(22(13)17)23-21(29)10-19-25(24(23)30)32-27(36-2)33-26(19)34-11-14-5-6-15(12-34)31-14/h4,7-10,14-15,31,35H,3,5-6,11-12H2,1-2H3. The van der Waals surface area contributed by atoms with Gasteiger partial charge in [-0.1, -0.05) is 13.0 Å². The number of hydrogen-bond donors (Lipinski definition) is 2. The molecule has 2 aliphatic heterocycles. The van der Waals surface area contributed by atoms with Crippen LogP contribution in [0.5, 0.6) is 11.8 Å². The van der Waals surface area contributed by atoms with E-state index in [1.807, 2.05) is 4.90 Å². The van der Waals surface area contributed by atoms with Gasteiger partial charge in [-0.05, 0) is 65.4 Å². The Morgan fingerprint density at radius 3 is 2.50 bits per heavy atom. The van der Waals surface area contributed by atoms with Crippen LogP contribution in [0.25, 0.3) is 32.8 Å². The van der Waals surface area contributed by atoms with E-state index < -0.39 is 17.5 Å². The van der Waals surface area contributed by atoms with Crippen molar-refractivity contribution in [2.24, 2.45) is 0 Å². The van der Waals surface area contributed by atoms with Gasteiger partial charge in [0.2, 0.25) is 0 Å². The minimum atomic E-state index is -0.914. The fourth-order valence-electron chi connectivity index (χ4n) is 5.75. The zero-order chi connectivity index (χ0) is 25.1. The second-order valence-corrected chi connectivity index (χ2v) is 9.49. The third kappa shape index (κ3) is 3.52. The van der Waals surface area contributed by atoms with Crippen LogP contribution >= 0.6 is 0 Å². The van der Waals surface area contributed by atoms with E-state index >= 15 is 8.78 Å². The number of piperazine rings is 1. The molecule has 186 valence electrons. The van der Waals surface area contributed by atoms with Gasteiger partial charge in [-0.2, -0.15) is 9.97 Å². The van der Waals surface area contributed by atoms with Crippen molar-refractivity contribution in [1.82, 2.24) is 15.3 Å². The van der Waals surface area contributed by atoms with Crippen molar-refractivity contribution in [2.45, 2.75) is 38.3 Å². The molecule has 2 atom stereocenters. The molecule has 0 amide bonds. The van der Waals surface area contributed by atoms with Gasteiger partial charge in [0.15, 0.2) is 5.82 Å². The van der Waals surface area contributed by atoms with Gasteiger partial charge < -0.3 is 20.1 Å². The molecule has 2 saturated heterocycles. The summed E-state index contributed by atoms with van der Waals surface area (Å²) in [5.74, 6) is -1.99. The lowest BCUT2D eigenvalue weighted by Gasteiger charge is -2.34. The van der Waals surface area contributed by atoms with Crippen molar-refractivity contribution < 1.29 is 23.0 Å². The zero-order valence-corrected chi connectivity index (χ0v) is 19.9. The van der Waals surface area contributed by atoms with E-state index in [2.05, 4.69) is 15.3 Å². The number of anilines is 1. The molecular weight excluding hydrogens is 469 g/mol. The number of phenols is 1. The maximum atomic E-state index is 16.2. The Labute approximate surface area is 205 Å². The van der Waals surface area contributed by atoms with Crippen LogP contribution < -0.4 is 15.0 Å². The summed E-state index contributed by atoms with van der Waals surface area (Å²) in [4.78, 5) is 10.7. The first-order valence-corrected chi connectivity index (χ1v) is 12.1. The Kier molecular flexibility index (Phi) is 5.40. The highest BCUT2D eigenvalue weighted by atomic mass is 19.1. The average molecular weight is 495 g/mol. The van der Waals surface area contributed by atoms with Gasteiger partial charge in [-0.25, -0.2) is 13.2 Å². The molecule has 3 heterocycles. The number of hydrogen-bond acceptors (Lipinski definition) is 6. The molecule has 6 nitrogen and oxygen atoms in total. The van der Waals surface area contributed by atoms with Gasteiger partial charge in [0.25, 0.3) is 0 Å². The predicted molar refractivity (Wildman–Crippen MR) is 132 cm³/mol. The average Bonchev–Trinajstić information content (AvgIpc) is 3.20. The monoisotopic (exact) mass is 494 g/mol. The Balaban J connectivity index is 1.63. The van der Waals surface area contributed by atoms with Crippen LogP contribution in [0.1, 0.15) is 25.3 Å². The van der Waals surface area contributed by atoms with Crippen LogP contribution in [-0.4, -0.2) is 47.4 Å². The summed E-state index contributed by atoms with van der Waals surface area (Å²) in [7, 11) is 1.40. The fraction of sp³-hybridized carbons (Fsp3) is 0.333. The quantitative estimate of drug-likeness (QED) is 0.412. The fourth-order valence-corrected chi connectivity index (χ4v) is 5.75. The molecule has 6 rings (SSSR count). The summed E-state index contributed by atoms with van der Waals surface area (Å²) in [6.45, 7) is 3.09. The van der Waals surface area contributed by atoms with Gasteiger partial charge in [-0.15, -0.1) is 0 Å². The molecule has 4 aromatic rings. The normalized spacial score (nSPS) is 19.4. The topological polar surface area (TPSA) is 70.5 Å². The molecular formula is C27H25F3N4O2. The number of aromatic hydroxyl groups is 1. The smallest absolute Gasteiger partial charge is 0.318 e. The van der Waals surface area contributed by atoms with E-state index in [4.69, 9.17) is 4.74 Å². The Morgan fingerprint density at radius 1 is 1.06 bits per heavy atom. The Bertz CT molecular complexity index is 1520. The molecule has 9 heteroatoms. The molecule has 3 aromatic carbocycles. The molecule has 2 N–H and O–H groups in total. The molecule has 2 aliphatic rings. The molecule has 2 bridgehead atoms.